The topological polar surface area (TPSA) is 56.7 Å². The van der Waals surface area contributed by atoms with E-state index in [2.05, 4.69) is 21.5 Å². The van der Waals surface area contributed by atoms with Gasteiger partial charge in [-0.1, -0.05) is 6.92 Å². The Kier molecular flexibility index (Phi) is 5.76. The molecule has 138 valence electrons. The molecule has 0 unspecified atom stereocenters. The molecule has 1 aromatic carbocycles. The number of aromatic nitrogens is 3. The fourth-order valence-corrected chi connectivity index (χ4v) is 3.95. The second kappa shape index (κ2) is 8.03. The molecule has 7 heteroatoms. The highest BCUT2D eigenvalue weighted by atomic mass is 32.2. The Bertz CT molecular complexity index is 924. The molecule has 26 heavy (non-hydrogen) atoms. The van der Waals surface area contributed by atoms with Crippen LogP contribution in [0.2, 0.25) is 0 Å². The van der Waals surface area contributed by atoms with Crippen molar-refractivity contribution in [3.63, 3.8) is 0 Å². The molecule has 4 nitrogen and oxygen atoms in total. The number of hydrogen-bond acceptors (Lipinski definition) is 4. The average molecular weight is 376 g/mol. The third-order valence-corrected chi connectivity index (χ3v) is 5.44. The summed E-state index contributed by atoms with van der Waals surface area (Å²) in [6, 6.07) is 3.71. The standard InChI is InChI=1S/C19H22F2N4S/c1-3-16-24-17-18(12(2)11-23-19(17)22)25(16)8-4-5-9-26-15-7-6-13(20)10-14(15)21/h6-7,10-11H,3-5,8-9H2,1-2H3,(H2,22,23). The largest absolute Gasteiger partial charge is 0.382 e. The van der Waals surface area contributed by atoms with Crippen molar-refractivity contribution in [1.29, 1.82) is 0 Å². The minimum absolute atomic E-state index is 0.460. The summed E-state index contributed by atoms with van der Waals surface area (Å²) in [5, 5.41) is 0. The van der Waals surface area contributed by atoms with E-state index in [-0.39, 0.29) is 0 Å². The van der Waals surface area contributed by atoms with Gasteiger partial charge in [0.2, 0.25) is 0 Å². The molecule has 0 spiro atoms. The van der Waals surface area contributed by atoms with Gasteiger partial charge < -0.3 is 10.3 Å². The number of benzene rings is 1. The number of imidazole rings is 1. The molecular weight excluding hydrogens is 354 g/mol. The SMILES string of the molecule is CCc1nc2c(N)ncc(C)c2n1CCCCSc1ccc(F)cc1F. The van der Waals surface area contributed by atoms with E-state index in [4.69, 9.17) is 5.73 Å². The minimum Gasteiger partial charge on any atom is -0.382 e. The summed E-state index contributed by atoms with van der Waals surface area (Å²) in [5.74, 6) is 1.19. The van der Waals surface area contributed by atoms with Crippen molar-refractivity contribution in [1.82, 2.24) is 14.5 Å². The molecule has 2 N–H and O–H groups in total. The lowest BCUT2D eigenvalue weighted by Gasteiger charge is -2.10. The quantitative estimate of drug-likeness (QED) is 0.478. The Morgan fingerprint density at radius 2 is 2.04 bits per heavy atom. The predicted molar refractivity (Wildman–Crippen MR) is 102 cm³/mol. The molecule has 2 aromatic heterocycles. The molecule has 0 saturated carbocycles. The molecule has 0 amide bonds. The number of hydrogen-bond donors (Lipinski definition) is 1. The molecule has 3 aromatic rings. The smallest absolute Gasteiger partial charge is 0.151 e. The van der Waals surface area contributed by atoms with Crippen molar-refractivity contribution in [2.24, 2.45) is 0 Å². The zero-order valence-corrected chi connectivity index (χ0v) is 15.7. The van der Waals surface area contributed by atoms with Crippen molar-refractivity contribution in [3.8, 4) is 0 Å². The number of nitrogens with two attached hydrogens (primary N) is 1. The maximum Gasteiger partial charge on any atom is 0.151 e. The number of unbranched alkanes of at least 4 members (excludes halogenated alkanes) is 1. The third-order valence-electron chi connectivity index (χ3n) is 4.30. The molecule has 0 aliphatic carbocycles. The van der Waals surface area contributed by atoms with Crippen molar-refractivity contribution >= 4 is 28.6 Å². The third kappa shape index (κ3) is 3.82. The summed E-state index contributed by atoms with van der Waals surface area (Å²) in [7, 11) is 0. The van der Waals surface area contributed by atoms with Gasteiger partial charge in [-0.15, -0.1) is 11.8 Å². The predicted octanol–water partition coefficient (Wildman–Crippen LogP) is 4.74. The van der Waals surface area contributed by atoms with Crippen LogP contribution in [0.4, 0.5) is 14.6 Å². The average Bonchev–Trinajstić information content (AvgIpc) is 2.99. The fraction of sp³-hybridized carbons (Fsp3) is 0.368. The first-order valence-corrected chi connectivity index (χ1v) is 9.67. The summed E-state index contributed by atoms with van der Waals surface area (Å²) < 4.78 is 28.8. The normalized spacial score (nSPS) is 11.4. The lowest BCUT2D eigenvalue weighted by atomic mass is 10.2. The maximum atomic E-state index is 13.6. The fourth-order valence-electron chi connectivity index (χ4n) is 3.02. The van der Waals surface area contributed by atoms with Crippen molar-refractivity contribution in [3.05, 3.63) is 47.4 Å². The molecule has 0 bridgehead atoms. The number of thioether (sulfide) groups is 1. The van der Waals surface area contributed by atoms with Gasteiger partial charge in [-0.25, -0.2) is 18.7 Å². The van der Waals surface area contributed by atoms with Gasteiger partial charge in [0.25, 0.3) is 0 Å². The number of pyridine rings is 1. The van der Waals surface area contributed by atoms with Crippen LogP contribution in [0.3, 0.4) is 0 Å². The van der Waals surface area contributed by atoms with Gasteiger partial charge in [-0.05, 0) is 43.2 Å². The Labute approximate surface area is 155 Å². The summed E-state index contributed by atoms with van der Waals surface area (Å²) in [4.78, 5) is 9.32. The molecule has 0 aliphatic rings. The number of aryl methyl sites for hydroxylation is 3. The zero-order chi connectivity index (χ0) is 18.7. The second-order valence-corrected chi connectivity index (χ2v) is 7.32. The van der Waals surface area contributed by atoms with Crippen LogP contribution < -0.4 is 5.73 Å². The zero-order valence-electron chi connectivity index (χ0n) is 14.9. The highest BCUT2D eigenvalue weighted by Gasteiger charge is 2.14. The number of anilines is 1. The van der Waals surface area contributed by atoms with E-state index in [9.17, 15) is 8.78 Å². The number of fused-ring (bicyclic) bond motifs is 1. The summed E-state index contributed by atoms with van der Waals surface area (Å²) in [6.07, 6.45) is 4.46. The number of rotatable bonds is 7. The van der Waals surface area contributed by atoms with Gasteiger partial charge >= 0.3 is 0 Å². The Hall–Kier alpha value is -2.15. The van der Waals surface area contributed by atoms with Crippen LogP contribution >= 0.6 is 11.8 Å². The second-order valence-electron chi connectivity index (χ2n) is 6.19. The first kappa shape index (κ1) is 18.6. The van der Waals surface area contributed by atoms with Crippen LogP contribution in [-0.4, -0.2) is 20.3 Å². The van der Waals surface area contributed by atoms with Gasteiger partial charge in [-0.3, -0.25) is 0 Å². The van der Waals surface area contributed by atoms with E-state index >= 15 is 0 Å². The van der Waals surface area contributed by atoms with E-state index in [1.54, 1.807) is 6.20 Å². The molecule has 0 aliphatic heterocycles. The minimum atomic E-state index is -0.546. The summed E-state index contributed by atoms with van der Waals surface area (Å²) in [6.45, 7) is 4.92. The van der Waals surface area contributed by atoms with Gasteiger partial charge in [-0.2, -0.15) is 0 Å². The van der Waals surface area contributed by atoms with Gasteiger partial charge in [0.15, 0.2) is 5.82 Å². The van der Waals surface area contributed by atoms with Crippen LogP contribution in [0.5, 0.6) is 0 Å². The van der Waals surface area contributed by atoms with E-state index in [1.165, 1.54) is 23.9 Å². The van der Waals surface area contributed by atoms with Crippen LogP contribution in [0.1, 0.15) is 31.2 Å². The Balaban J connectivity index is 1.64. The number of halogens is 2. The highest BCUT2D eigenvalue weighted by molar-refractivity contribution is 7.99. The van der Waals surface area contributed by atoms with Crippen LogP contribution in [0, 0.1) is 18.6 Å². The van der Waals surface area contributed by atoms with Crippen LogP contribution in [0.15, 0.2) is 29.3 Å². The first-order chi connectivity index (χ1) is 12.5. The Morgan fingerprint density at radius 3 is 2.77 bits per heavy atom. The lowest BCUT2D eigenvalue weighted by molar-refractivity contribution is 0.565. The van der Waals surface area contributed by atoms with Gasteiger partial charge in [0.1, 0.15) is 23.0 Å². The Morgan fingerprint density at radius 1 is 1.23 bits per heavy atom. The molecule has 0 fully saturated rings. The van der Waals surface area contributed by atoms with Crippen LogP contribution in [-0.2, 0) is 13.0 Å². The van der Waals surface area contributed by atoms with E-state index in [0.29, 0.717) is 10.7 Å². The molecule has 0 radical (unpaired) electrons. The monoisotopic (exact) mass is 376 g/mol. The maximum absolute atomic E-state index is 13.6. The molecule has 3 rings (SSSR count). The molecule has 2 heterocycles. The van der Waals surface area contributed by atoms with Crippen molar-refractivity contribution < 1.29 is 8.78 Å². The van der Waals surface area contributed by atoms with Crippen molar-refractivity contribution in [2.75, 3.05) is 11.5 Å². The highest BCUT2D eigenvalue weighted by Crippen LogP contribution is 2.26. The van der Waals surface area contributed by atoms with E-state index < -0.39 is 11.6 Å². The number of nitrogens with zero attached hydrogens (tertiary/aromatic N) is 3. The molecular formula is C19H22F2N4S. The lowest BCUT2D eigenvalue weighted by Crippen LogP contribution is -2.04. The van der Waals surface area contributed by atoms with Gasteiger partial charge in [0, 0.05) is 30.1 Å². The molecule has 0 atom stereocenters. The summed E-state index contributed by atoms with van der Waals surface area (Å²) in [5.41, 5.74) is 8.85. The van der Waals surface area contributed by atoms with E-state index in [1.807, 2.05) is 6.92 Å². The van der Waals surface area contributed by atoms with Crippen molar-refractivity contribution in [2.45, 2.75) is 44.6 Å². The summed E-state index contributed by atoms with van der Waals surface area (Å²) >= 11 is 1.42. The van der Waals surface area contributed by atoms with Gasteiger partial charge in [0.05, 0.1) is 5.52 Å². The van der Waals surface area contributed by atoms with Crippen LogP contribution in [0.25, 0.3) is 11.0 Å². The molecule has 0 saturated heterocycles. The van der Waals surface area contributed by atoms with E-state index in [0.717, 1.165) is 60.0 Å². The first-order valence-electron chi connectivity index (χ1n) is 8.69. The number of nitrogen functional groups attached to an aromatic ring is 1.